The molecule has 7 aliphatic rings. The third-order valence-electron chi connectivity index (χ3n) is 21.6. The molecule has 500 valence electrons. The van der Waals surface area contributed by atoms with Crippen molar-refractivity contribution in [3.05, 3.63) is 223 Å². The van der Waals surface area contributed by atoms with Gasteiger partial charge >= 0.3 is 0 Å². The van der Waals surface area contributed by atoms with Crippen LogP contribution in [-0.2, 0) is 19.6 Å². The van der Waals surface area contributed by atoms with Crippen molar-refractivity contribution < 1.29 is 13.9 Å². The summed E-state index contributed by atoms with van der Waals surface area (Å²) in [6, 6.07) is 48.0. The maximum Gasteiger partial charge on any atom is 0.185 e. The van der Waals surface area contributed by atoms with Crippen LogP contribution in [0.5, 0.6) is 0 Å². The van der Waals surface area contributed by atoms with Crippen LogP contribution >= 0.6 is 0 Å². The van der Waals surface area contributed by atoms with Gasteiger partial charge < -0.3 is 44.1 Å². The van der Waals surface area contributed by atoms with Crippen molar-refractivity contribution in [2.45, 2.75) is 57.8 Å². The number of rotatable bonds is 10. The fraction of sp³-hybridized carbons (Fsp3) is 0.278. The van der Waals surface area contributed by atoms with E-state index < -0.39 is 0 Å². The fourth-order valence-electron chi connectivity index (χ4n) is 16.3. The molecule has 1 unspecified atom stereocenters. The van der Waals surface area contributed by atoms with Crippen LogP contribution in [0.3, 0.4) is 0 Å². The monoisotopic (exact) mass is 1330 g/mol. The van der Waals surface area contributed by atoms with Crippen molar-refractivity contribution in [1.29, 1.82) is 10.5 Å². The molecule has 4 fully saturated rings. The molecule has 3 N–H and O–H groups in total. The summed E-state index contributed by atoms with van der Waals surface area (Å²) in [6.45, 7) is 8.84. The highest BCUT2D eigenvalue weighted by atomic mass is 19.1. The average molecular weight is 1330 g/mol. The SMILES string of the molecule is CNCC1CCN(c2nc3c(cc2F)-n2cnnc2-c2cc(-c4ccc(C#N)cc4)cn2C3)C1.CN[C@@H]1CN(c2ccc3c(c2)Cn2cc(-c4ccc(F)cc4)cc2-c2nccn2-3)C[C@H]1CO.N#Cc1ccc(-c2cc3n(c2)Cc2cc(N4CC5(CCCC5)C4)ccc2-n2ccnc2-3)cc1. The van der Waals surface area contributed by atoms with Gasteiger partial charge in [0, 0.05) is 154 Å². The smallest absolute Gasteiger partial charge is 0.185 e. The predicted octanol–water partition coefficient (Wildman–Crippen LogP) is 12.4. The predicted molar refractivity (Wildman–Crippen MR) is 383 cm³/mol. The summed E-state index contributed by atoms with van der Waals surface area (Å²) in [5.41, 5.74) is 20.0. The Morgan fingerprint density at radius 3 is 1.67 bits per heavy atom. The van der Waals surface area contributed by atoms with Gasteiger partial charge in [-0.1, -0.05) is 49.2 Å². The Labute approximate surface area is 578 Å². The summed E-state index contributed by atoms with van der Waals surface area (Å²) in [5, 5.41) is 43.0. The number of nitriles is 2. The van der Waals surface area contributed by atoms with Gasteiger partial charge in [-0.2, -0.15) is 10.5 Å². The third kappa shape index (κ3) is 11.3. The Kier molecular flexibility index (Phi) is 15.9. The zero-order valence-corrected chi connectivity index (χ0v) is 55.7. The molecule has 0 amide bonds. The average Bonchev–Trinajstić information content (AvgIpc) is 1.57. The first kappa shape index (κ1) is 62.3. The number of anilines is 3. The molecule has 21 heteroatoms. The number of aliphatic hydroxyl groups excluding tert-OH is 1. The minimum Gasteiger partial charge on any atom is -0.396 e. The molecule has 1 saturated carbocycles. The number of hydrogen-bond acceptors (Lipinski definition) is 13. The Balaban J connectivity index is 0.000000112. The molecule has 3 saturated heterocycles. The van der Waals surface area contributed by atoms with Gasteiger partial charge in [0.15, 0.2) is 29.1 Å². The molecule has 12 aromatic rings. The van der Waals surface area contributed by atoms with Crippen molar-refractivity contribution in [3.8, 4) is 97.1 Å². The summed E-state index contributed by atoms with van der Waals surface area (Å²) < 4.78 is 41.5. The van der Waals surface area contributed by atoms with Crippen molar-refractivity contribution in [2.75, 3.05) is 81.2 Å². The molecular formula is C79H74F2N18O. The summed E-state index contributed by atoms with van der Waals surface area (Å²) in [7, 11) is 3.90. The third-order valence-corrected chi connectivity index (χ3v) is 21.6. The molecule has 5 aromatic carbocycles. The number of aliphatic hydroxyl groups is 1. The minimum absolute atomic E-state index is 0.185. The molecule has 6 aliphatic heterocycles. The van der Waals surface area contributed by atoms with Crippen LogP contribution in [0, 0.1) is 51.5 Å². The lowest BCUT2D eigenvalue weighted by atomic mass is 9.78. The zero-order chi connectivity index (χ0) is 67.8. The second-order valence-electron chi connectivity index (χ2n) is 27.7. The molecule has 100 heavy (non-hydrogen) atoms. The first-order valence-corrected chi connectivity index (χ1v) is 34.5. The number of hydrogen-bond donors (Lipinski definition) is 3. The number of nitrogens with zero attached hydrogens (tertiary/aromatic N) is 16. The summed E-state index contributed by atoms with van der Waals surface area (Å²) in [4.78, 5) is 21.2. The maximum atomic E-state index is 15.3. The zero-order valence-electron chi connectivity index (χ0n) is 55.7. The number of benzene rings is 5. The second kappa shape index (κ2) is 25.6. The van der Waals surface area contributed by atoms with E-state index >= 15 is 4.39 Å². The van der Waals surface area contributed by atoms with Crippen LogP contribution in [0.1, 0.15) is 60.1 Å². The van der Waals surface area contributed by atoms with E-state index in [1.54, 1.807) is 12.4 Å². The molecule has 1 aliphatic carbocycles. The van der Waals surface area contributed by atoms with Crippen molar-refractivity contribution in [2.24, 2.45) is 17.3 Å². The van der Waals surface area contributed by atoms with Gasteiger partial charge in [-0.25, -0.2) is 23.7 Å². The molecule has 7 aromatic heterocycles. The van der Waals surface area contributed by atoms with E-state index in [0.29, 0.717) is 46.3 Å². The highest BCUT2D eigenvalue weighted by Crippen LogP contribution is 2.48. The van der Waals surface area contributed by atoms with E-state index in [0.717, 1.165) is 126 Å². The second-order valence-corrected chi connectivity index (χ2v) is 27.7. The number of nitrogens with one attached hydrogen (secondary N) is 2. The number of likely N-dealkylation sites (N-methyl/N-ethyl adjacent to an activating group) is 1. The van der Waals surface area contributed by atoms with E-state index in [-0.39, 0.29) is 30.2 Å². The lowest BCUT2D eigenvalue weighted by molar-refractivity contribution is 0.219. The normalized spacial score (nSPS) is 17.8. The fourth-order valence-corrected chi connectivity index (χ4v) is 16.3. The highest BCUT2D eigenvalue weighted by Gasteiger charge is 2.45. The molecule has 19 nitrogen and oxygen atoms in total. The number of fused-ring (bicyclic) bond motifs is 15. The van der Waals surface area contributed by atoms with E-state index in [2.05, 4.69) is 138 Å². The van der Waals surface area contributed by atoms with Crippen LogP contribution in [0.25, 0.3) is 85.0 Å². The van der Waals surface area contributed by atoms with Crippen LogP contribution in [0.15, 0.2) is 183 Å². The van der Waals surface area contributed by atoms with Gasteiger partial charge in [0.05, 0.1) is 69.6 Å². The molecular weight excluding hydrogens is 1250 g/mol. The summed E-state index contributed by atoms with van der Waals surface area (Å²) >= 11 is 0. The van der Waals surface area contributed by atoms with Gasteiger partial charge in [0.2, 0.25) is 0 Å². The molecule has 13 heterocycles. The van der Waals surface area contributed by atoms with Crippen LogP contribution in [0.2, 0.25) is 0 Å². The van der Waals surface area contributed by atoms with Gasteiger partial charge in [-0.3, -0.25) is 13.7 Å². The lowest BCUT2D eigenvalue weighted by Gasteiger charge is -2.50. The quantitative estimate of drug-likeness (QED) is 0.117. The number of aromatic nitrogens is 11. The molecule has 3 atom stereocenters. The van der Waals surface area contributed by atoms with Gasteiger partial charge in [0.25, 0.3) is 0 Å². The number of imidazole rings is 2. The van der Waals surface area contributed by atoms with Crippen molar-refractivity contribution >= 4 is 17.2 Å². The summed E-state index contributed by atoms with van der Waals surface area (Å²) in [6.07, 6.45) is 22.4. The lowest BCUT2D eigenvalue weighted by Crippen LogP contribution is -2.55. The van der Waals surface area contributed by atoms with Crippen molar-refractivity contribution in [3.63, 3.8) is 0 Å². The maximum absolute atomic E-state index is 15.3. The first-order valence-electron chi connectivity index (χ1n) is 34.5. The van der Waals surface area contributed by atoms with Crippen LogP contribution in [-0.4, -0.2) is 130 Å². The first-order chi connectivity index (χ1) is 49.0. The van der Waals surface area contributed by atoms with Crippen molar-refractivity contribution in [1.82, 2.24) is 63.2 Å². The number of pyridine rings is 1. The number of halogens is 2. The molecule has 0 bridgehead atoms. The largest absolute Gasteiger partial charge is 0.396 e. The molecule has 1 spiro atoms. The Hall–Kier alpha value is -11.2. The van der Waals surface area contributed by atoms with Gasteiger partial charge in [-0.05, 0) is 165 Å². The molecule has 0 radical (unpaired) electrons. The van der Waals surface area contributed by atoms with Gasteiger partial charge in [-0.15, -0.1) is 10.2 Å². The van der Waals surface area contributed by atoms with Crippen LogP contribution < -0.4 is 25.3 Å². The Morgan fingerprint density at radius 2 is 1.13 bits per heavy atom. The van der Waals surface area contributed by atoms with E-state index in [1.165, 1.54) is 79.1 Å². The molecule has 19 rings (SSSR count). The van der Waals surface area contributed by atoms with Crippen LogP contribution in [0.4, 0.5) is 26.0 Å². The topological polar surface area (TPSA) is 196 Å². The standard InChI is InChI=1S/C28H25N5.C26H26FN5O.C25H23FN8/c29-15-20-3-5-21(6-4-20)22-14-26-27-30-11-12-33(27)25-8-7-24(13-23(25)17-31(26)16-22)32-18-28(19-32)9-1-2-10-28;1-28-23-15-30(14-20(23)16-33)22-6-7-24-19(10-22)13-31-12-18(17-2-4-21(27)5-3-17)11-25(31)26-29-8-9-32(24)26;1-28-11-17-6-7-32(12-17)24-20(26)9-22-21(30-24)14-33-13-19(18-4-2-16(10-27)3-5-18)8-23(33)25-31-29-15-34(22)25/h3-8,11-14,16H,1-2,9-10,17-19H2;2-12,20,23,28,33H,13-16H2,1H3;2-5,8-9,13,15,17,28H,6-7,11-12,14H2,1H3/t;20-,23+;/m.0./s1. The van der Waals surface area contributed by atoms with E-state index in [9.17, 15) is 9.50 Å². The van der Waals surface area contributed by atoms with E-state index in [1.807, 2.05) is 115 Å². The Bertz CT molecular complexity index is 5130. The van der Waals surface area contributed by atoms with Gasteiger partial charge in [0.1, 0.15) is 12.1 Å². The Morgan fingerprint density at radius 1 is 0.580 bits per heavy atom. The minimum atomic E-state index is -0.326. The van der Waals surface area contributed by atoms with E-state index in [4.69, 9.17) is 20.5 Å². The highest BCUT2D eigenvalue weighted by molar-refractivity contribution is 5.76. The summed E-state index contributed by atoms with van der Waals surface area (Å²) in [5.74, 6) is 3.07.